The van der Waals surface area contributed by atoms with E-state index < -0.39 is 6.04 Å². The van der Waals surface area contributed by atoms with Crippen molar-refractivity contribution in [3.05, 3.63) is 0 Å². The molecular formula is C25H50N2O4. The molecule has 31 heavy (non-hydrogen) atoms. The number of esters is 1. The van der Waals surface area contributed by atoms with E-state index in [4.69, 9.17) is 15.6 Å². The normalized spacial score (nSPS) is 13.0. The Hall–Kier alpha value is -1.14. The number of hydrogen-bond acceptors (Lipinski definition) is 5. The number of hydrogen-bond donors (Lipinski definition) is 3. The number of rotatable bonds is 22. The van der Waals surface area contributed by atoms with Crippen LogP contribution in [0.2, 0.25) is 0 Å². The number of nitrogens with one attached hydrogen (secondary N) is 1. The lowest BCUT2D eigenvalue weighted by molar-refractivity contribution is -0.149. The summed E-state index contributed by atoms with van der Waals surface area (Å²) < 4.78 is 5.73. The van der Waals surface area contributed by atoms with Crippen molar-refractivity contribution in [2.24, 2.45) is 5.73 Å². The van der Waals surface area contributed by atoms with E-state index in [1.54, 1.807) is 0 Å². The summed E-state index contributed by atoms with van der Waals surface area (Å²) in [5.74, 6) is -0.495. The largest absolute Gasteiger partial charge is 0.462 e. The number of unbranched alkanes of at least 4 members (excludes halogenated alkanes) is 12. The molecule has 0 aromatic carbocycles. The zero-order chi connectivity index (χ0) is 23.2. The van der Waals surface area contributed by atoms with Gasteiger partial charge >= 0.3 is 5.97 Å². The maximum Gasteiger partial charge on any atom is 0.306 e. The predicted molar refractivity (Wildman–Crippen MR) is 128 cm³/mol. The van der Waals surface area contributed by atoms with Gasteiger partial charge in [0.25, 0.3) is 0 Å². The van der Waals surface area contributed by atoms with Crippen LogP contribution in [0, 0.1) is 0 Å². The van der Waals surface area contributed by atoms with Crippen LogP contribution in [0.25, 0.3) is 0 Å². The van der Waals surface area contributed by atoms with Gasteiger partial charge in [0.05, 0.1) is 6.61 Å². The second-order valence-corrected chi connectivity index (χ2v) is 8.76. The van der Waals surface area contributed by atoms with Gasteiger partial charge in [-0.3, -0.25) is 9.59 Å². The highest BCUT2D eigenvalue weighted by Gasteiger charge is 2.16. The van der Waals surface area contributed by atoms with Crippen LogP contribution in [-0.2, 0) is 14.3 Å². The fourth-order valence-electron chi connectivity index (χ4n) is 3.63. The van der Waals surface area contributed by atoms with E-state index in [-0.39, 0.29) is 24.6 Å². The average Bonchev–Trinajstić information content (AvgIpc) is 2.76. The molecule has 184 valence electrons. The molecule has 0 rings (SSSR count). The molecule has 0 spiro atoms. The Balaban J connectivity index is 4.09. The van der Waals surface area contributed by atoms with Crippen molar-refractivity contribution in [2.75, 3.05) is 13.2 Å². The Kier molecular flexibility index (Phi) is 21.3. The van der Waals surface area contributed by atoms with Gasteiger partial charge < -0.3 is 20.9 Å². The summed E-state index contributed by atoms with van der Waals surface area (Å²) in [6.07, 6.45) is 18.5. The Bertz CT molecular complexity index is 432. The van der Waals surface area contributed by atoms with Crippen LogP contribution in [-0.4, -0.2) is 42.3 Å². The second-order valence-electron chi connectivity index (χ2n) is 8.76. The molecule has 0 saturated carbocycles. The number of ether oxygens (including phenoxy) is 1. The van der Waals surface area contributed by atoms with Crippen LogP contribution in [0.1, 0.15) is 123 Å². The van der Waals surface area contributed by atoms with Gasteiger partial charge in [0, 0.05) is 19.4 Å². The van der Waals surface area contributed by atoms with Crippen LogP contribution >= 0.6 is 0 Å². The average molecular weight is 443 g/mol. The zero-order valence-corrected chi connectivity index (χ0v) is 20.3. The molecule has 0 saturated heterocycles. The van der Waals surface area contributed by atoms with E-state index >= 15 is 0 Å². The first kappa shape index (κ1) is 29.9. The number of carbonyl (C=O) groups is 2. The minimum Gasteiger partial charge on any atom is -0.462 e. The maximum absolute atomic E-state index is 12.3. The van der Waals surface area contributed by atoms with Crippen LogP contribution in [0.3, 0.4) is 0 Å². The van der Waals surface area contributed by atoms with Gasteiger partial charge in [-0.1, -0.05) is 90.9 Å². The lowest BCUT2D eigenvalue weighted by Gasteiger charge is -2.19. The molecule has 2 unspecified atom stereocenters. The molecule has 0 aromatic heterocycles. The molecule has 0 aliphatic carbocycles. The summed E-state index contributed by atoms with van der Waals surface area (Å²) in [7, 11) is 0. The van der Waals surface area contributed by atoms with Gasteiger partial charge in [-0.25, -0.2) is 0 Å². The number of aliphatic hydroxyl groups excluding tert-OH is 1. The van der Waals surface area contributed by atoms with Gasteiger partial charge in [0.2, 0.25) is 5.91 Å². The lowest BCUT2D eigenvalue weighted by atomic mass is 10.1. The number of nitrogens with two attached hydrogens (primary N) is 1. The summed E-state index contributed by atoms with van der Waals surface area (Å²) in [5, 5.41) is 11.7. The van der Waals surface area contributed by atoms with Crippen LogP contribution in [0.4, 0.5) is 0 Å². The summed E-state index contributed by atoms with van der Waals surface area (Å²) in [5.41, 5.74) is 5.51. The Morgan fingerprint density at radius 2 is 1.32 bits per heavy atom. The van der Waals surface area contributed by atoms with E-state index in [0.717, 1.165) is 32.1 Å². The highest BCUT2D eigenvalue weighted by atomic mass is 16.5. The van der Waals surface area contributed by atoms with E-state index in [1.165, 1.54) is 64.2 Å². The fraction of sp³-hybridized carbons (Fsp3) is 0.920. The van der Waals surface area contributed by atoms with Crippen molar-refractivity contribution in [3.8, 4) is 0 Å². The third-order valence-corrected chi connectivity index (χ3v) is 5.71. The molecule has 4 N–H and O–H groups in total. The second kappa shape index (κ2) is 22.1. The minimum atomic E-state index is -0.901. The van der Waals surface area contributed by atoms with Crippen LogP contribution in [0.15, 0.2) is 0 Å². The molecular weight excluding hydrogens is 392 g/mol. The molecule has 0 aliphatic heterocycles. The zero-order valence-electron chi connectivity index (χ0n) is 20.3. The Labute approximate surface area is 191 Å². The topological polar surface area (TPSA) is 102 Å². The molecule has 0 fully saturated rings. The summed E-state index contributed by atoms with van der Waals surface area (Å²) in [6.45, 7) is 4.45. The highest BCUT2D eigenvalue weighted by Crippen LogP contribution is 2.15. The Morgan fingerprint density at radius 1 is 0.806 bits per heavy atom. The van der Waals surface area contributed by atoms with E-state index in [9.17, 15) is 9.59 Å². The number of aliphatic hydroxyl groups is 1. The quantitative estimate of drug-likeness (QED) is 0.162. The van der Waals surface area contributed by atoms with E-state index in [2.05, 4.69) is 19.2 Å². The third kappa shape index (κ3) is 19.3. The van der Waals surface area contributed by atoms with Crippen molar-refractivity contribution in [2.45, 2.75) is 135 Å². The van der Waals surface area contributed by atoms with Crippen molar-refractivity contribution in [1.29, 1.82) is 0 Å². The smallest absolute Gasteiger partial charge is 0.306 e. The third-order valence-electron chi connectivity index (χ3n) is 5.71. The Morgan fingerprint density at radius 3 is 1.87 bits per heavy atom. The molecule has 6 heteroatoms. The first-order valence-electron chi connectivity index (χ1n) is 12.9. The van der Waals surface area contributed by atoms with Crippen molar-refractivity contribution >= 4 is 11.9 Å². The fourth-order valence-corrected chi connectivity index (χ4v) is 3.63. The maximum atomic E-state index is 12.3. The SMILES string of the molecule is CCCCCCCCCCCC(=O)OC(CCCCCCC)CCNC(=O)C(N)CO. The molecule has 6 nitrogen and oxygen atoms in total. The van der Waals surface area contributed by atoms with Gasteiger partial charge in [0.1, 0.15) is 12.1 Å². The minimum absolute atomic E-state index is 0.125. The van der Waals surface area contributed by atoms with Gasteiger partial charge in [-0.2, -0.15) is 0 Å². The molecule has 0 radical (unpaired) electrons. The summed E-state index contributed by atoms with van der Waals surface area (Å²) in [6, 6.07) is -0.901. The van der Waals surface area contributed by atoms with Gasteiger partial charge in [0.15, 0.2) is 0 Å². The molecule has 0 heterocycles. The standard InChI is InChI=1S/C25H50N2O4/c1-3-5-7-9-10-11-12-14-16-18-24(29)31-22(17-15-13-8-6-4-2)19-20-27-25(30)23(26)21-28/h22-23,28H,3-21,26H2,1-2H3,(H,27,30). The van der Waals surface area contributed by atoms with Crippen LogP contribution < -0.4 is 11.1 Å². The number of carbonyl (C=O) groups excluding carboxylic acids is 2. The van der Waals surface area contributed by atoms with Gasteiger partial charge in [-0.05, 0) is 19.3 Å². The molecule has 0 aromatic rings. The molecule has 1 amide bonds. The molecule has 0 aliphatic rings. The van der Waals surface area contributed by atoms with Crippen molar-refractivity contribution in [3.63, 3.8) is 0 Å². The first-order valence-corrected chi connectivity index (χ1v) is 12.9. The summed E-state index contributed by atoms with van der Waals surface area (Å²) in [4.78, 5) is 24.0. The lowest BCUT2D eigenvalue weighted by Crippen LogP contribution is -2.43. The molecule has 2 atom stereocenters. The summed E-state index contributed by atoms with van der Waals surface area (Å²) >= 11 is 0. The van der Waals surface area contributed by atoms with E-state index in [1.807, 2.05) is 0 Å². The first-order chi connectivity index (χ1) is 15.0. The highest BCUT2D eigenvalue weighted by molar-refractivity contribution is 5.81. The van der Waals surface area contributed by atoms with Crippen molar-refractivity contribution < 1.29 is 19.4 Å². The van der Waals surface area contributed by atoms with E-state index in [0.29, 0.717) is 19.4 Å². The monoisotopic (exact) mass is 442 g/mol. The van der Waals surface area contributed by atoms with Crippen LogP contribution in [0.5, 0.6) is 0 Å². The number of amides is 1. The predicted octanol–water partition coefficient (Wildman–Crippen LogP) is 5.01. The molecule has 0 bridgehead atoms. The van der Waals surface area contributed by atoms with Gasteiger partial charge in [-0.15, -0.1) is 0 Å². The van der Waals surface area contributed by atoms with Crippen molar-refractivity contribution in [1.82, 2.24) is 5.32 Å².